The van der Waals surface area contributed by atoms with Crippen LogP contribution in [0.3, 0.4) is 0 Å². The Bertz CT molecular complexity index is 748. The number of aliphatic imine (C=N–C) groups is 1. The van der Waals surface area contributed by atoms with Gasteiger partial charge < -0.3 is 5.32 Å². The summed E-state index contributed by atoms with van der Waals surface area (Å²) in [5.41, 5.74) is 3.31. The maximum atomic E-state index is 12.7. The molecule has 0 saturated heterocycles. The minimum atomic E-state index is -0.117. The summed E-state index contributed by atoms with van der Waals surface area (Å²) < 4.78 is 7.28. The first kappa shape index (κ1) is 14.3. The van der Waals surface area contributed by atoms with Gasteiger partial charge in [-0.25, -0.2) is 0 Å². The Morgan fingerprint density at radius 2 is 2.45 bits per heavy atom. The van der Waals surface area contributed by atoms with E-state index in [9.17, 15) is 4.79 Å². The zero-order chi connectivity index (χ0) is 15.1. The van der Waals surface area contributed by atoms with Crippen LogP contribution in [-0.2, 0) is 4.79 Å². The van der Waals surface area contributed by atoms with Crippen molar-refractivity contribution in [2.24, 2.45) is 10.9 Å². The summed E-state index contributed by atoms with van der Waals surface area (Å²) in [6.45, 7) is 2.23. The lowest BCUT2D eigenvalue weighted by Gasteiger charge is -2.31. The maximum Gasteiger partial charge on any atom is 0.260 e. The number of carbonyl (C=O) groups excluding carboxylic acids is 1. The molecule has 0 unspecified atom stereocenters. The molecular formula is C15H15IN4OS. The van der Waals surface area contributed by atoms with Gasteiger partial charge in [-0.15, -0.1) is 0 Å². The Balaban J connectivity index is 1.72. The summed E-state index contributed by atoms with van der Waals surface area (Å²) in [4.78, 5) is 19.5. The molecule has 0 saturated carbocycles. The SMILES string of the molecule is C[C@H]1CCC2=C1C=C(C(=O)Nc1ccsn1)C1=NCI=CN12. The van der Waals surface area contributed by atoms with Crippen LogP contribution in [0.4, 0.5) is 5.82 Å². The van der Waals surface area contributed by atoms with E-state index in [1.807, 2.05) is 17.5 Å². The van der Waals surface area contributed by atoms with Crippen LogP contribution in [-0.4, -0.2) is 29.7 Å². The quantitative estimate of drug-likeness (QED) is 0.449. The molecule has 0 spiro atoms. The van der Waals surface area contributed by atoms with Crippen LogP contribution >= 0.6 is 32.3 Å². The number of amides is 1. The van der Waals surface area contributed by atoms with Gasteiger partial charge in [-0.05, 0) is 48.0 Å². The molecule has 3 heterocycles. The van der Waals surface area contributed by atoms with Crippen molar-refractivity contribution in [3.05, 3.63) is 34.4 Å². The molecule has 1 N–H and O–H groups in total. The summed E-state index contributed by atoms with van der Waals surface area (Å²) in [6, 6.07) is 1.81. The van der Waals surface area contributed by atoms with Crippen LogP contribution in [0.15, 0.2) is 39.4 Å². The number of allylic oxidation sites excluding steroid dienone is 3. The Morgan fingerprint density at radius 1 is 1.55 bits per heavy atom. The zero-order valence-corrected chi connectivity index (χ0v) is 15.0. The monoisotopic (exact) mass is 426 g/mol. The first-order valence-corrected chi connectivity index (χ1v) is 10.8. The van der Waals surface area contributed by atoms with E-state index >= 15 is 0 Å². The second-order valence-electron chi connectivity index (χ2n) is 5.46. The average molecular weight is 426 g/mol. The third-order valence-electron chi connectivity index (χ3n) is 4.11. The third kappa shape index (κ3) is 2.36. The highest BCUT2D eigenvalue weighted by Crippen LogP contribution is 2.39. The number of rotatable bonds is 2. The number of fused-ring (bicyclic) bond motifs is 2. The van der Waals surface area contributed by atoms with Gasteiger partial charge in [-0.2, -0.15) is 4.37 Å². The predicted octanol–water partition coefficient (Wildman–Crippen LogP) is 3.11. The van der Waals surface area contributed by atoms with E-state index < -0.39 is 0 Å². The molecule has 1 aromatic heterocycles. The number of alkyl halides is 1. The van der Waals surface area contributed by atoms with Crippen molar-refractivity contribution >= 4 is 54.0 Å². The molecule has 1 amide bonds. The fraction of sp³-hybridized carbons (Fsp3) is 0.333. The van der Waals surface area contributed by atoms with Crippen LogP contribution in [0.1, 0.15) is 19.8 Å². The largest absolute Gasteiger partial charge is 0.306 e. The molecule has 2 aliphatic heterocycles. The number of aromatic nitrogens is 1. The molecule has 1 atom stereocenters. The number of carbonyl (C=O) groups is 1. The zero-order valence-electron chi connectivity index (χ0n) is 12.0. The van der Waals surface area contributed by atoms with Gasteiger partial charge in [0, 0.05) is 15.2 Å². The molecule has 0 bridgehead atoms. The molecule has 7 heteroatoms. The standard InChI is InChI=1S/C15H15IN4OS/c1-9-2-3-12-10(9)6-11(14-17-7-16-8-20(12)14)15(21)18-13-4-5-22-19-13/h4-6,8-9H,2-3,7H2,1H3,(H,18,19,21)/t9-/m0/s1. The Kier molecular flexibility index (Phi) is 3.69. The van der Waals surface area contributed by atoms with Gasteiger partial charge in [0.15, 0.2) is 0 Å². The third-order valence-corrected chi connectivity index (χ3v) is 6.35. The second kappa shape index (κ2) is 5.69. The molecule has 1 aromatic rings. The Hall–Kier alpha value is -1.35. The molecule has 3 aliphatic rings. The van der Waals surface area contributed by atoms with E-state index in [1.165, 1.54) is 22.8 Å². The van der Waals surface area contributed by atoms with Gasteiger partial charge >= 0.3 is 0 Å². The topological polar surface area (TPSA) is 57.6 Å². The first-order valence-electron chi connectivity index (χ1n) is 7.15. The predicted molar refractivity (Wildman–Crippen MR) is 98.5 cm³/mol. The van der Waals surface area contributed by atoms with E-state index in [0.29, 0.717) is 17.3 Å². The van der Waals surface area contributed by atoms with Gasteiger partial charge in [0.1, 0.15) is 11.7 Å². The number of anilines is 1. The Labute approximate surface area is 142 Å². The minimum absolute atomic E-state index is 0.0417. The van der Waals surface area contributed by atoms with E-state index in [0.717, 1.165) is 23.2 Å². The van der Waals surface area contributed by atoms with Crippen LogP contribution in [0, 0.1) is 5.92 Å². The number of hydrogen-bond acceptors (Lipinski definition) is 5. The van der Waals surface area contributed by atoms with Gasteiger partial charge in [0.05, 0.1) is 10.1 Å². The lowest BCUT2D eigenvalue weighted by Crippen LogP contribution is -2.38. The maximum absolute atomic E-state index is 12.7. The van der Waals surface area contributed by atoms with Crippen molar-refractivity contribution in [3.63, 3.8) is 0 Å². The van der Waals surface area contributed by atoms with Crippen LogP contribution in [0.5, 0.6) is 0 Å². The normalized spacial score (nSPS) is 23.3. The summed E-state index contributed by atoms with van der Waals surface area (Å²) in [6.07, 6.45) is 4.27. The van der Waals surface area contributed by atoms with E-state index in [-0.39, 0.29) is 26.6 Å². The number of amidine groups is 1. The molecule has 4 rings (SSSR count). The highest BCUT2D eigenvalue weighted by atomic mass is 127. The van der Waals surface area contributed by atoms with Crippen molar-refractivity contribution < 1.29 is 4.79 Å². The Morgan fingerprint density at radius 3 is 3.27 bits per heavy atom. The smallest absolute Gasteiger partial charge is 0.260 e. The first-order chi connectivity index (χ1) is 10.7. The van der Waals surface area contributed by atoms with Crippen molar-refractivity contribution in [3.8, 4) is 0 Å². The van der Waals surface area contributed by atoms with Crippen LogP contribution in [0.25, 0.3) is 0 Å². The molecule has 114 valence electrons. The molecular weight excluding hydrogens is 411 g/mol. The molecule has 0 aromatic carbocycles. The highest BCUT2D eigenvalue weighted by molar-refractivity contribution is 14.2. The van der Waals surface area contributed by atoms with Gasteiger partial charge in [0.2, 0.25) is 0 Å². The summed E-state index contributed by atoms with van der Waals surface area (Å²) in [5.74, 6) is 1.81. The average Bonchev–Trinajstić information content (AvgIpc) is 3.17. The lowest BCUT2D eigenvalue weighted by molar-refractivity contribution is -0.112. The molecule has 1 aliphatic carbocycles. The summed E-state index contributed by atoms with van der Waals surface area (Å²) in [5, 5.41) is 4.73. The summed E-state index contributed by atoms with van der Waals surface area (Å²) in [7, 11) is 0. The van der Waals surface area contributed by atoms with E-state index in [4.69, 9.17) is 0 Å². The van der Waals surface area contributed by atoms with Crippen molar-refractivity contribution in [2.75, 3.05) is 9.87 Å². The van der Waals surface area contributed by atoms with Crippen molar-refractivity contribution in [1.82, 2.24) is 9.27 Å². The number of nitrogens with one attached hydrogen (secondary N) is 1. The molecule has 0 fully saturated rings. The minimum Gasteiger partial charge on any atom is -0.306 e. The van der Waals surface area contributed by atoms with Gasteiger partial charge in [0.25, 0.3) is 5.91 Å². The van der Waals surface area contributed by atoms with E-state index in [2.05, 4.69) is 30.6 Å². The van der Waals surface area contributed by atoms with Gasteiger partial charge in [-0.1, -0.05) is 27.7 Å². The highest BCUT2D eigenvalue weighted by Gasteiger charge is 2.35. The summed E-state index contributed by atoms with van der Waals surface area (Å²) >= 11 is 1.29. The van der Waals surface area contributed by atoms with E-state index in [1.54, 1.807) is 0 Å². The lowest BCUT2D eigenvalue weighted by atomic mass is 9.97. The molecule has 22 heavy (non-hydrogen) atoms. The fourth-order valence-electron chi connectivity index (χ4n) is 2.99. The molecule has 5 nitrogen and oxygen atoms in total. The van der Waals surface area contributed by atoms with Gasteiger partial charge in [-0.3, -0.25) is 14.7 Å². The number of halogens is 1. The van der Waals surface area contributed by atoms with Crippen LogP contribution < -0.4 is 5.32 Å². The number of hydrogen-bond donors (Lipinski definition) is 1. The van der Waals surface area contributed by atoms with Crippen LogP contribution in [0.2, 0.25) is 0 Å². The number of nitrogens with zero attached hydrogens (tertiary/aromatic N) is 3. The van der Waals surface area contributed by atoms with Crippen molar-refractivity contribution in [2.45, 2.75) is 19.8 Å². The van der Waals surface area contributed by atoms with Crippen molar-refractivity contribution in [1.29, 1.82) is 0 Å². The second-order valence-corrected chi connectivity index (χ2v) is 8.25. The fourth-order valence-corrected chi connectivity index (χ4v) is 5.15. The molecule has 0 radical (unpaired) electrons.